The van der Waals surface area contributed by atoms with Crippen LogP contribution in [0.5, 0.6) is 0 Å². The lowest BCUT2D eigenvalue weighted by Crippen LogP contribution is -2.14. The second-order valence-corrected chi connectivity index (χ2v) is 6.73. The van der Waals surface area contributed by atoms with Crippen molar-refractivity contribution in [3.05, 3.63) is 53.1 Å². The Labute approximate surface area is 138 Å². The van der Waals surface area contributed by atoms with E-state index in [4.69, 9.17) is 16.9 Å². The van der Waals surface area contributed by atoms with Crippen LogP contribution in [0.3, 0.4) is 0 Å². The maximum Gasteiger partial charge on any atom is 0.261 e. The third kappa shape index (κ3) is 4.22. The van der Waals surface area contributed by atoms with Crippen LogP contribution in [0.2, 0.25) is 5.02 Å². The Morgan fingerprint density at radius 2 is 1.83 bits per heavy atom. The van der Waals surface area contributed by atoms with Crippen LogP contribution >= 0.6 is 11.6 Å². The highest BCUT2D eigenvalue weighted by atomic mass is 35.5. The number of rotatable bonds is 4. The highest BCUT2D eigenvalue weighted by molar-refractivity contribution is 7.92. The molecule has 1 amide bonds. The van der Waals surface area contributed by atoms with Crippen molar-refractivity contribution < 1.29 is 13.2 Å². The van der Waals surface area contributed by atoms with Crippen LogP contribution in [0.25, 0.3) is 0 Å². The van der Waals surface area contributed by atoms with Crippen LogP contribution in [0, 0.1) is 11.3 Å². The summed E-state index contributed by atoms with van der Waals surface area (Å²) < 4.78 is 27.1. The molecule has 0 saturated carbocycles. The van der Waals surface area contributed by atoms with E-state index < -0.39 is 10.0 Å². The van der Waals surface area contributed by atoms with Crippen LogP contribution in [-0.2, 0) is 14.8 Å². The van der Waals surface area contributed by atoms with Crippen LogP contribution in [0.1, 0.15) is 12.5 Å². The van der Waals surface area contributed by atoms with Gasteiger partial charge in [-0.2, -0.15) is 5.26 Å². The van der Waals surface area contributed by atoms with Gasteiger partial charge in [0.1, 0.15) is 6.07 Å². The summed E-state index contributed by atoms with van der Waals surface area (Å²) in [6.45, 7) is 1.36. The molecule has 118 valence electrons. The Hall–Kier alpha value is -2.56. The Morgan fingerprint density at radius 1 is 1.17 bits per heavy atom. The molecule has 0 saturated heterocycles. The highest BCUT2D eigenvalue weighted by Gasteiger charge is 2.16. The predicted octanol–water partition coefficient (Wildman–Crippen LogP) is 2.97. The van der Waals surface area contributed by atoms with Gasteiger partial charge in [-0.15, -0.1) is 0 Å². The maximum absolute atomic E-state index is 12.4. The number of carbonyl (C=O) groups excluding carboxylic acids is 1. The van der Waals surface area contributed by atoms with Gasteiger partial charge in [0, 0.05) is 17.6 Å². The lowest BCUT2D eigenvalue weighted by Gasteiger charge is -2.10. The topological polar surface area (TPSA) is 99.1 Å². The van der Waals surface area contributed by atoms with Crippen molar-refractivity contribution in [3.8, 4) is 6.07 Å². The molecule has 0 atom stereocenters. The summed E-state index contributed by atoms with van der Waals surface area (Å²) in [4.78, 5) is 10.9. The van der Waals surface area contributed by atoms with Crippen molar-refractivity contribution in [1.82, 2.24) is 0 Å². The highest BCUT2D eigenvalue weighted by Crippen LogP contribution is 2.24. The van der Waals surface area contributed by atoms with Crippen molar-refractivity contribution in [2.45, 2.75) is 11.8 Å². The third-order valence-corrected chi connectivity index (χ3v) is 4.45. The van der Waals surface area contributed by atoms with Crippen molar-refractivity contribution in [3.63, 3.8) is 0 Å². The van der Waals surface area contributed by atoms with E-state index in [2.05, 4.69) is 10.0 Å². The zero-order valence-corrected chi connectivity index (χ0v) is 13.6. The van der Waals surface area contributed by atoms with Crippen molar-refractivity contribution in [2.24, 2.45) is 0 Å². The molecular formula is C15H12ClN3O3S. The molecule has 0 heterocycles. The number of nitrogens with one attached hydrogen (secondary N) is 2. The molecule has 2 rings (SSSR count). The summed E-state index contributed by atoms with van der Waals surface area (Å²) in [6.07, 6.45) is 0. The van der Waals surface area contributed by atoms with Gasteiger partial charge >= 0.3 is 0 Å². The van der Waals surface area contributed by atoms with Crippen molar-refractivity contribution in [2.75, 3.05) is 10.0 Å². The molecule has 0 spiro atoms. The summed E-state index contributed by atoms with van der Waals surface area (Å²) in [5.41, 5.74) is 0.746. The van der Waals surface area contributed by atoms with Crippen molar-refractivity contribution in [1.29, 1.82) is 5.26 Å². The molecule has 0 aromatic heterocycles. The van der Waals surface area contributed by atoms with E-state index in [1.54, 1.807) is 0 Å². The van der Waals surface area contributed by atoms with E-state index in [1.807, 2.05) is 6.07 Å². The minimum absolute atomic E-state index is 0.00420. The van der Waals surface area contributed by atoms with Crippen LogP contribution in [0.15, 0.2) is 47.4 Å². The van der Waals surface area contributed by atoms with Gasteiger partial charge in [0.05, 0.1) is 16.1 Å². The van der Waals surface area contributed by atoms with E-state index in [0.717, 1.165) is 0 Å². The average Bonchev–Trinajstić information content (AvgIpc) is 2.47. The first-order chi connectivity index (χ1) is 10.8. The van der Waals surface area contributed by atoms with Gasteiger partial charge in [0.2, 0.25) is 5.91 Å². The molecule has 23 heavy (non-hydrogen) atoms. The summed E-state index contributed by atoms with van der Waals surface area (Å²) >= 11 is 5.83. The number of amides is 1. The Balaban J connectivity index is 2.31. The molecule has 0 unspecified atom stereocenters. The summed E-state index contributed by atoms with van der Waals surface area (Å²) in [7, 11) is -3.88. The van der Waals surface area contributed by atoms with Gasteiger partial charge in [0.15, 0.2) is 0 Å². The number of anilines is 2. The van der Waals surface area contributed by atoms with Gasteiger partial charge in [-0.3, -0.25) is 9.52 Å². The fourth-order valence-corrected chi connectivity index (χ4v) is 3.07. The first-order valence-corrected chi connectivity index (χ1v) is 8.28. The average molecular weight is 350 g/mol. The Kier molecular flexibility index (Phi) is 4.89. The molecule has 8 heteroatoms. The van der Waals surface area contributed by atoms with E-state index >= 15 is 0 Å². The zero-order chi connectivity index (χ0) is 17.0. The Bertz CT molecular complexity index is 887. The van der Waals surface area contributed by atoms with Crippen LogP contribution < -0.4 is 10.0 Å². The maximum atomic E-state index is 12.4. The standard InChI is InChI=1S/C15H12ClN3O3S/c1-10(20)18-13-4-6-14(7-5-13)23(21,22)19-15-8-12(16)3-2-11(15)9-17/h2-8,19H,1H3,(H,18,20). The SMILES string of the molecule is CC(=O)Nc1ccc(S(=O)(=O)Nc2cc(Cl)ccc2C#N)cc1. The number of benzene rings is 2. The largest absolute Gasteiger partial charge is 0.326 e. The molecule has 0 radical (unpaired) electrons. The normalized spacial score (nSPS) is 10.7. The summed E-state index contributed by atoms with van der Waals surface area (Å²) in [6, 6.07) is 11.8. The molecule has 0 aliphatic rings. The van der Waals surface area contributed by atoms with E-state index in [-0.39, 0.29) is 22.1 Å². The van der Waals surface area contributed by atoms with E-state index in [9.17, 15) is 13.2 Å². The fourth-order valence-electron chi connectivity index (χ4n) is 1.82. The van der Waals surface area contributed by atoms with E-state index in [0.29, 0.717) is 10.7 Å². The number of halogens is 1. The lowest BCUT2D eigenvalue weighted by molar-refractivity contribution is -0.114. The molecule has 0 fully saturated rings. The van der Waals surface area contributed by atoms with Gasteiger partial charge in [-0.25, -0.2) is 8.42 Å². The molecule has 2 aromatic carbocycles. The summed E-state index contributed by atoms with van der Waals surface area (Å²) in [5, 5.41) is 11.9. The second-order valence-electron chi connectivity index (χ2n) is 4.61. The molecule has 6 nitrogen and oxygen atoms in total. The summed E-state index contributed by atoms with van der Waals surface area (Å²) in [5.74, 6) is -0.253. The van der Waals surface area contributed by atoms with Gasteiger partial charge in [-0.05, 0) is 42.5 Å². The molecule has 0 aliphatic heterocycles. The first-order valence-electron chi connectivity index (χ1n) is 6.42. The number of sulfonamides is 1. The van der Waals surface area contributed by atoms with Crippen LogP contribution in [-0.4, -0.2) is 14.3 Å². The fraction of sp³-hybridized carbons (Fsp3) is 0.0667. The van der Waals surface area contributed by atoms with Gasteiger partial charge < -0.3 is 5.32 Å². The predicted molar refractivity (Wildman–Crippen MR) is 87.7 cm³/mol. The van der Waals surface area contributed by atoms with Crippen molar-refractivity contribution >= 4 is 38.9 Å². The number of carbonyl (C=O) groups is 1. The quantitative estimate of drug-likeness (QED) is 0.886. The minimum Gasteiger partial charge on any atom is -0.326 e. The molecular weight excluding hydrogens is 338 g/mol. The smallest absolute Gasteiger partial charge is 0.261 e. The number of nitriles is 1. The van der Waals surface area contributed by atoms with Gasteiger partial charge in [-0.1, -0.05) is 11.6 Å². The number of nitrogens with zero attached hydrogens (tertiary/aromatic N) is 1. The number of hydrogen-bond acceptors (Lipinski definition) is 4. The number of hydrogen-bond donors (Lipinski definition) is 2. The first kappa shape index (κ1) is 16.8. The zero-order valence-electron chi connectivity index (χ0n) is 12.0. The van der Waals surface area contributed by atoms with Gasteiger partial charge in [0.25, 0.3) is 10.0 Å². The lowest BCUT2D eigenvalue weighted by atomic mass is 10.2. The molecule has 0 bridgehead atoms. The van der Waals surface area contributed by atoms with E-state index in [1.165, 1.54) is 49.4 Å². The monoisotopic (exact) mass is 349 g/mol. The van der Waals surface area contributed by atoms with Crippen LogP contribution in [0.4, 0.5) is 11.4 Å². The Morgan fingerprint density at radius 3 is 2.39 bits per heavy atom. The molecule has 0 aliphatic carbocycles. The minimum atomic E-state index is -3.88. The second kappa shape index (κ2) is 6.69. The molecule has 2 N–H and O–H groups in total. The third-order valence-electron chi connectivity index (χ3n) is 2.83. The molecule has 2 aromatic rings.